The monoisotopic (exact) mass is 346 g/mol. The predicted molar refractivity (Wildman–Crippen MR) is 96.5 cm³/mol. The molecule has 3 unspecified atom stereocenters. The minimum Gasteiger partial charge on any atom is -0.493 e. The summed E-state index contributed by atoms with van der Waals surface area (Å²) in [5, 5.41) is 11.6. The number of aliphatic hydroxyl groups excluding tert-OH is 1. The van der Waals surface area contributed by atoms with Gasteiger partial charge in [-0.3, -0.25) is 0 Å². The summed E-state index contributed by atoms with van der Waals surface area (Å²) >= 11 is 0. The molecule has 0 amide bonds. The van der Waals surface area contributed by atoms with E-state index in [1.165, 1.54) is 6.07 Å². The third kappa shape index (κ3) is 3.13. The summed E-state index contributed by atoms with van der Waals surface area (Å²) in [7, 11) is 0. The molecule has 136 valence electrons. The van der Waals surface area contributed by atoms with Crippen molar-refractivity contribution >= 4 is 11.0 Å². The Labute approximate surface area is 147 Å². The first-order valence-corrected chi connectivity index (χ1v) is 9.09. The van der Waals surface area contributed by atoms with E-state index < -0.39 is 11.7 Å². The second-order valence-electron chi connectivity index (χ2n) is 6.81. The van der Waals surface area contributed by atoms with Gasteiger partial charge in [0, 0.05) is 18.1 Å². The van der Waals surface area contributed by atoms with Crippen LogP contribution in [0.3, 0.4) is 0 Å². The Bertz CT molecular complexity index is 823. The van der Waals surface area contributed by atoms with Crippen LogP contribution in [0.4, 0.5) is 0 Å². The van der Waals surface area contributed by atoms with E-state index in [0.717, 1.165) is 30.2 Å². The molecule has 0 saturated heterocycles. The summed E-state index contributed by atoms with van der Waals surface area (Å²) in [5.41, 5.74) is 1.43. The Morgan fingerprint density at radius 3 is 2.64 bits per heavy atom. The molecule has 0 aliphatic carbocycles. The van der Waals surface area contributed by atoms with E-state index in [2.05, 4.69) is 6.92 Å². The molecule has 1 N–H and O–H groups in total. The largest absolute Gasteiger partial charge is 0.493 e. The third-order valence-corrected chi connectivity index (χ3v) is 4.89. The van der Waals surface area contributed by atoms with Gasteiger partial charge in [0.15, 0.2) is 5.58 Å². The molecule has 2 heterocycles. The van der Waals surface area contributed by atoms with Crippen molar-refractivity contribution in [3.8, 4) is 11.5 Å². The summed E-state index contributed by atoms with van der Waals surface area (Å²) in [5.74, 6) is 1.09. The second kappa shape index (κ2) is 7.08. The van der Waals surface area contributed by atoms with E-state index in [9.17, 15) is 9.90 Å². The van der Waals surface area contributed by atoms with Gasteiger partial charge in [-0.25, -0.2) is 4.79 Å². The van der Waals surface area contributed by atoms with Gasteiger partial charge in [0.25, 0.3) is 0 Å². The number of benzene rings is 1. The molecule has 2 aromatic rings. The number of hydrogen-bond acceptors (Lipinski definition) is 5. The molecule has 5 heteroatoms. The van der Waals surface area contributed by atoms with Crippen molar-refractivity contribution in [2.24, 2.45) is 5.92 Å². The van der Waals surface area contributed by atoms with E-state index in [1.807, 2.05) is 26.8 Å². The fourth-order valence-electron chi connectivity index (χ4n) is 3.38. The minimum absolute atomic E-state index is 0.0988. The van der Waals surface area contributed by atoms with Crippen molar-refractivity contribution in [3.05, 3.63) is 33.7 Å². The average Bonchev–Trinajstić information content (AvgIpc) is 2.57. The molecular formula is C20H26O5. The Morgan fingerprint density at radius 1 is 1.20 bits per heavy atom. The van der Waals surface area contributed by atoms with Crippen molar-refractivity contribution in [2.75, 3.05) is 6.61 Å². The van der Waals surface area contributed by atoms with Crippen LogP contribution < -0.4 is 15.1 Å². The van der Waals surface area contributed by atoms with Crippen LogP contribution in [-0.2, 0) is 6.42 Å². The quantitative estimate of drug-likeness (QED) is 0.829. The highest BCUT2D eigenvalue weighted by Crippen LogP contribution is 2.46. The van der Waals surface area contributed by atoms with Gasteiger partial charge in [-0.05, 0) is 25.3 Å². The lowest BCUT2D eigenvalue weighted by atomic mass is 9.88. The maximum absolute atomic E-state index is 12.1. The zero-order valence-corrected chi connectivity index (χ0v) is 15.3. The van der Waals surface area contributed by atoms with Gasteiger partial charge in [-0.2, -0.15) is 0 Å². The molecular weight excluding hydrogens is 320 g/mol. The molecule has 3 rings (SSSR count). The Hall–Kier alpha value is -2.01. The summed E-state index contributed by atoms with van der Waals surface area (Å²) in [6.07, 6.45) is 1.63. The Balaban J connectivity index is 2.34. The normalized spacial score (nSPS) is 22.5. The van der Waals surface area contributed by atoms with Crippen LogP contribution in [0.15, 0.2) is 21.3 Å². The molecule has 0 radical (unpaired) electrons. The highest BCUT2D eigenvalue weighted by molar-refractivity contribution is 5.91. The van der Waals surface area contributed by atoms with Crippen LogP contribution >= 0.6 is 0 Å². The van der Waals surface area contributed by atoms with Gasteiger partial charge < -0.3 is 19.0 Å². The number of hydrogen-bond donors (Lipinski definition) is 1. The van der Waals surface area contributed by atoms with Crippen LogP contribution in [0.1, 0.15) is 57.8 Å². The van der Waals surface area contributed by atoms with Crippen LogP contribution in [0.2, 0.25) is 0 Å². The fourth-order valence-corrected chi connectivity index (χ4v) is 3.38. The molecule has 1 aromatic heterocycles. The van der Waals surface area contributed by atoms with Gasteiger partial charge in [0.1, 0.15) is 17.6 Å². The zero-order valence-electron chi connectivity index (χ0n) is 15.3. The van der Waals surface area contributed by atoms with E-state index in [4.69, 9.17) is 13.9 Å². The number of ether oxygens (including phenoxy) is 2. The number of aryl methyl sites for hydroxylation is 1. The topological polar surface area (TPSA) is 68.9 Å². The second-order valence-corrected chi connectivity index (χ2v) is 6.81. The number of aliphatic hydroxyl groups is 1. The van der Waals surface area contributed by atoms with Crippen LogP contribution in [-0.4, -0.2) is 17.8 Å². The van der Waals surface area contributed by atoms with Crippen molar-refractivity contribution in [1.29, 1.82) is 0 Å². The first-order chi connectivity index (χ1) is 12.0. The van der Waals surface area contributed by atoms with Crippen molar-refractivity contribution in [3.63, 3.8) is 0 Å². The minimum atomic E-state index is -0.749. The summed E-state index contributed by atoms with van der Waals surface area (Å²) in [6, 6.07) is 3.36. The molecule has 3 atom stereocenters. The standard InChI is InChI=1S/C20H26O5/c1-5-7-13-9-16(21)25-20-17(13)14(23-8-6-2)10-15-18(20)19(22)11(3)12(4)24-15/h9-12,19,22H,5-8H2,1-4H3. The molecule has 1 aromatic carbocycles. The highest BCUT2D eigenvalue weighted by Gasteiger charge is 2.35. The van der Waals surface area contributed by atoms with E-state index in [-0.39, 0.29) is 12.0 Å². The van der Waals surface area contributed by atoms with Gasteiger partial charge in [0.05, 0.1) is 23.7 Å². The lowest BCUT2D eigenvalue weighted by Crippen LogP contribution is -2.32. The molecule has 0 saturated carbocycles. The van der Waals surface area contributed by atoms with Gasteiger partial charge in [-0.1, -0.05) is 27.2 Å². The molecule has 5 nitrogen and oxygen atoms in total. The predicted octanol–water partition coefficient (Wildman–Crippen LogP) is 3.98. The van der Waals surface area contributed by atoms with Crippen molar-refractivity contribution < 1.29 is 19.0 Å². The smallest absolute Gasteiger partial charge is 0.336 e. The summed E-state index contributed by atoms with van der Waals surface area (Å²) in [4.78, 5) is 12.1. The van der Waals surface area contributed by atoms with Gasteiger partial charge in [-0.15, -0.1) is 0 Å². The number of rotatable bonds is 5. The maximum Gasteiger partial charge on any atom is 0.336 e. The van der Waals surface area contributed by atoms with Crippen molar-refractivity contribution in [1.82, 2.24) is 0 Å². The molecule has 25 heavy (non-hydrogen) atoms. The highest BCUT2D eigenvalue weighted by atomic mass is 16.5. The first-order valence-electron chi connectivity index (χ1n) is 9.09. The van der Waals surface area contributed by atoms with Crippen LogP contribution in [0.5, 0.6) is 11.5 Å². The van der Waals surface area contributed by atoms with Gasteiger partial charge >= 0.3 is 5.63 Å². The van der Waals surface area contributed by atoms with E-state index >= 15 is 0 Å². The van der Waals surface area contributed by atoms with Crippen LogP contribution in [0, 0.1) is 5.92 Å². The third-order valence-electron chi connectivity index (χ3n) is 4.89. The van der Waals surface area contributed by atoms with E-state index in [1.54, 1.807) is 0 Å². The van der Waals surface area contributed by atoms with E-state index in [0.29, 0.717) is 29.3 Å². The molecule has 1 aliphatic heterocycles. The molecule has 0 bridgehead atoms. The Kier molecular flexibility index (Phi) is 5.04. The molecule has 0 spiro atoms. The summed E-state index contributed by atoms with van der Waals surface area (Å²) in [6.45, 7) is 8.52. The zero-order chi connectivity index (χ0) is 18.1. The maximum atomic E-state index is 12.1. The molecule has 1 aliphatic rings. The fraction of sp³-hybridized carbons (Fsp3) is 0.550. The SMILES string of the molecule is CCCOc1cc2c(c3oc(=O)cc(CCC)c13)C(O)C(C)C(C)O2. The number of fused-ring (bicyclic) bond motifs is 3. The van der Waals surface area contributed by atoms with Crippen LogP contribution in [0.25, 0.3) is 11.0 Å². The average molecular weight is 346 g/mol. The van der Waals surface area contributed by atoms with Crippen molar-refractivity contribution in [2.45, 2.75) is 59.2 Å². The first kappa shape index (κ1) is 17.8. The lowest BCUT2D eigenvalue weighted by molar-refractivity contribution is 0.0177. The van der Waals surface area contributed by atoms with Gasteiger partial charge in [0.2, 0.25) is 0 Å². The summed E-state index contributed by atoms with van der Waals surface area (Å²) < 4.78 is 17.5. The Morgan fingerprint density at radius 2 is 1.96 bits per heavy atom. The molecule has 0 fully saturated rings. The lowest BCUT2D eigenvalue weighted by Gasteiger charge is -2.34.